The van der Waals surface area contributed by atoms with Gasteiger partial charge in [0.1, 0.15) is 105 Å². The molecule has 13 N–H and O–H groups in total. The van der Waals surface area contributed by atoms with Crippen molar-refractivity contribution in [3.05, 3.63) is 130 Å². The third-order valence-corrected chi connectivity index (χ3v) is 18.6. The second-order valence-electron chi connectivity index (χ2n) is 28.4. The number of aliphatic hydroxyl groups excluding tert-OH is 13. The summed E-state index contributed by atoms with van der Waals surface area (Å²) in [6, 6.07) is 0. The van der Waals surface area contributed by atoms with Gasteiger partial charge in [0.2, 0.25) is 0 Å². The van der Waals surface area contributed by atoms with Gasteiger partial charge in [0.05, 0.1) is 38.4 Å². The van der Waals surface area contributed by atoms with Crippen LogP contribution in [0.1, 0.15) is 141 Å². The van der Waals surface area contributed by atoms with Crippen LogP contribution in [0.15, 0.2) is 130 Å². The van der Waals surface area contributed by atoms with E-state index in [0.29, 0.717) is 11.1 Å². The van der Waals surface area contributed by atoms with Crippen LogP contribution in [-0.4, -0.2) is 257 Å². The summed E-state index contributed by atoms with van der Waals surface area (Å²) >= 11 is 0. The average Bonchev–Trinajstić information content (AvgIpc) is 0.814. The minimum absolute atomic E-state index is 0.220. The van der Waals surface area contributed by atoms with Crippen molar-refractivity contribution in [2.24, 2.45) is 10.8 Å². The summed E-state index contributed by atoms with van der Waals surface area (Å²) in [5.41, 5.74) is 5.89. The SMILES string of the molecule is CC(C)=C/C=C/C=C(C)/C=C/C=C(C)/C=C/C1=C(C)C(=O)C(OC(=O)CCC(=O)OCC2OC(O)C(O)C(O)C2OC2OC(CO)C(O)C(O)C2O)CC1(C)C.CC/C=C/C=C(C)/C=C/C1=C(C)C(=O)C(OC(=O)CCC(=O)OCC2OC(O)C(O)C(O)C2OC2OC(CC)C(O)C(O)C2O)CC1(C)C. The number of Topliss-reactive ketones (excluding diaryl/α,β-unsaturated/α-hetero) is 2. The molecule has 0 bridgehead atoms. The van der Waals surface area contributed by atoms with Crippen molar-refractivity contribution in [1.82, 2.24) is 0 Å². The fourth-order valence-corrected chi connectivity index (χ4v) is 12.4. The first kappa shape index (κ1) is 89.2. The second kappa shape index (κ2) is 41.2. The van der Waals surface area contributed by atoms with E-state index in [-0.39, 0.29) is 30.8 Å². The molecule has 4 fully saturated rings. The van der Waals surface area contributed by atoms with Gasteiger partial charge in [0.25, 0.3) is 0 Å². The summed E-state index contributed by atoms with van der Waals surface area (Å²) in [6.45, 7) is 22.9. The van der Waals surface area contributed by atoms with Gasteiger partial charge in [-0.05, 0) is 94.4 Å². The number of rotatable bonds is 28. The Bertz CT molecular complexity index is 3300. The highest BCUT2D eigenvalue weighted by Crippen LogP contribution is 2.43. The molecule has 0 aromatic rings. The van der Waals surface area contributed by atoms with E-state index in [1.807, 2.05) is 154 Å². The lowest BCUT2D eigenvalue weighted by Gasteiger charge is -2.45. The molecule has 0 aromatic heterocycles. The smallest absolute Gasteiger partial charge is 0.307 e. The van der Waals surface area contributed by atoms with Crippen LogP contribution in [-0.2, 0) is 76.1 Å². The predicted molar refractivity (Wildman–Crippen MR) is 375 cm³/mol. The van der Waals surface area contributed by atoms with Crippen LogP contribution in [0.3, 0.4) is 0 Å². The van der Waals surface area contributed by atoms with Gasteiger partial charge < -0.3 is 114 Å². The van der Waals surface area contributed by atoms with Crippen LogP contribution in [0, 0.1) is 10.8 Å². The molecule has 22 atom stereocenters. The van der Waals surface area contributed by atoms with Gasteiger partial charge in [-0.2, -0.15) is 0 Å². The van der Waals surface area contributed by atoms with Crippen LogP contribution < -0.4 is 0 Å². The Kier molecular flexibility index (Phi) is 35.0. The average molecular weight is 1490 g/mol. The quantitative estimate of drug-likeness (QED) is 0.0304. The molecule has 22 unspecified atom stereocenters. The molecule has 29 nitrogen and oxygen atoms in total. The number of esters is 4. The van der Waals surface area contributed by atoms with Crippen molar-refractivity contribution < 1.29 is 143 Å². The molecule has 4 heterocycles. The van der Waals surface area contributed by atoms with Gasteiger partial charge in [0.15, 0.2) is 48.9 Å². The molecule has 4 saturated heterocycles. The van der Waals surface area contributed by atoms with Crippen molar-refractivity contribution in [3.63, 3.8) is 0 Å². The molecule has 0 aromatic carbocycles. The molecule has 4 aliphatic heterocycles. The Morgan fingerprint density at radius 3 is 1.25 bits per heavy atom. The van der Waals surface area contributed by atoms with E-state index in [1.54, 1.807) is 20.8 Å². The Morgan fingerprint density at radius 1 is 0.457 bits per heavy atom. The molecule has 29 heteroatoms. The number of allylic oxidation sites excluding steroid dienone is 20. The van der Waals surface area contributed by atoms with Crippen molar-refractivity contribution in [3.8, 4) is 0 Å². The maximum atomic E-state index is 13.3. The maximum absolute atomic E-state index is 13.3. The molecule has 6 rings (SSSR count). The monoisotopic (exact) mass is 1490 g/mol. The first-order chi connectivity index (χ1) is 49.3. The molecule has 2 aliphatic carbocycles. The van der Waals surface area contributed by atoms with E-state index in [1.165, 1.54) is 5.57 Å². The van der Waals surface area contributed by atoms with Crippen LogP contribution in [0.5, 0.6) is 0 Å². The van der Waals surface area contributed by atoms with Crippen LogP contribution in [0.25, 0.3) is 0 Å². The van der Waals surface area contributed by atoms with Crippen LogP contribution in [0.2, 0.25) is 0 Å². The summed E-state index contributed by atoms with van der Waals surface area (Å²) in [4.78, 5) is 77.1. The van der Waals surface area contributed by atoms with Gasteiger partial charge in [-0.25, -0.2) is 0 Å². The summed E-state index contributed by atoms with van der Waals surface area (Å²) < 4.78 is 54.0. The van der Waals surface area contributed by atoms with E-state index >= 15 is 0 Å². The van der Waals surface area contributed by atoms with E-state index in [0.717, 1.165) is 34.3 Å². The Balaban J connectivity index is 0.000000380. The first-order valence-electron chi connectivity index (χ1n) is 35.2. The molecular weight excluding hydrogens is 1380 g/mol. The van der Waals surface area contributed by atoms with E-state index < -0.39 is 215 Å². The van der Waals surface area contributed by atoms with Crippen molar-refractivity contribution >= 4 is 35.4 Å². The third kappa shape index (κ3) is 25.3. The molecule has 0 amide bonds. The lowest BCUT2D eigenvalue weighted by atomic mass is 9.71. The zero-order chi connectivity index (χ0) is 78.5. The summed E-state index contributed by atoms with van der Waals surface area (Å²) in [5.74, 6) is -4.03. The standard InChI is InChI=1S/C41H58O15.C35H52O14/c1-22(2)11-8-9-12-23(3)13-10-14-24(4)15-16-26-25(5)32(45)27(19-41(26,6)7)53-31(44)18-17-30(43)52-21-29-38(35(48)36(49)39(51)54-29)56-40-37(50)34(47)33(46)28(20-42)55-40;1-7-9-10-11-18(3)12-13-20-19(4)26(38)22(16-35(20,5)6)46-25(37)15-14-24(36)45-17-23-32(29(41)30(42)33(44)47-23)49-34-31(43)28(40)27(39)21(8-2)48-34/h8-16,27-29,33-40,42,46-51H,17-21H2,1-7H3;9-13,21-23,27-34,39-44H,7-8,14-17H2,1-6H3/b9-8+,13-10+,16-15+,23-12+,24-14+;10-9+,13-12+,18-11+. The molecule has 105 heavy (non-hydrogen) atoms. The van der Waals surface area contributed by atoms with Gasteiger partial charge >= 0.3 is 23.9 Å². The van der Waals surface area contributed by atoms with Gasteiger partial charge in [-0.1, -0.05) is 149 Å². The Morgan fingerprint density at radius 2 is 0.838 bits per heavy atom. The summed E-state index contributed by atoms with van der Waals surface area (Å²) in [6.07, 6.45) is -7.46. The van der Waals surface area contributed by atoms with E-state index in [9.17, 15) is 95.2 Å². The minimum atomic E-state index is -1.93. The highest BCUT2D eigenvalue weighted by Gasteiger charge is 2.53. The summed E-state index contributed by atoms with van der Waals surface area (Å²) in [5, 5.41) is 132. The number of aliphatic hydroxyl groups is 13. The van der Waals surface area contributed by atoms with Crippen molar-refractivity contribution in [2.75, 3.05) is 19.8 Å². The van der Waals surface area contributed by atoms with Crippen molar-refractivity contribution in [2.45, 2.75) is 276 Å². The molecule has 0 saturated carbocycles. The van der Waals surface area contributed by atoms with Gasteiger partial charge in [0, 0.05) is 12.8 Å². The summed E-state index contributed by atoms with van der Waals surface area (Å²) in [7, 11) is 0. The highest BCUT2D eigenvalue weighted by atomic mass is 16.7. The van der Waals surface area contributed by atoms with Crippen LogP contribution >= 0.6 is 0 Å². The topological polar surface area (TPSA) is 458 Å². The zero-order valence-electron chi connectivity index (χ0n) is 61.9. The minimum Gasteiger partial charge on any atom is -0.463 e. The number of carbonyl (C=O) groups is 6. The zero-order valence-corrected chi connectivity index (χ0v) is 61.9. The number of hydrogen-bond acceptors (Lipinski definition) is 29. The molecule has 6 aliphatic rings. The van der Waals surface area contributed by atoms with Gasteiger partial charge in [-0.15, -0.1) is 0 Å². The second-order valence-corrected chi connectivity index (χ2v) is 28.4. The largest absolute Gasteiger partial charge is 0.463 e. The lowest BCUT2D eigenvalue weighted by Crippen LogP contribution is -2.64. The van der Waals surface area contributed by atoms with Gasteiger partial charge in [-0.3, -0.25) is 28.8 Å². The Labute approximate surface area is 612 Å². The third-order valence-electron chi connectivity index (χ3n) is 18.6. The fourth-order valence-electron chi connectivity index (χ4n) is 12.4. The van der Waals surface area contributed by atoms with Crippen molar-refractivity contribution in [1.29, 1.82) is 0 Å². The molecule has 0 radical (unpaired) electrons. The number of ketones is 2. The molecule has 0 spiro atoms. The highest BCUT2D eigenvalue weighted by molar-refractivity contribution is 6.02. The molecule has 588 valence electrons. The Hall–Kier alpha value is -6.40. The van der Waals surface area contributed by atoms with E-state index in [4.69, 9.17) is 47.4 Å². The number of hydrogen-bond donors (Lipinski definition) is 13. The predicted octanol–water partition coefficient (Wildman–Crippen LogP) is 2.74. The molecular formula is C76H110O29. The lowest BCUT2D eigenvalue weighted by molar-refractivity contribution is -0.355. The number of carbonyl (C=O) groups excluding carboxylic acids is 6. The first-order valence-corrected chi connectivity index (χ1v) is 35.2. The fraction of sp³-hybridized carbons (Fsp3) is 0.632. The normalized spacial score (nSPS) is 34.2. The van der Waals surface area contributed by atoms with E-state index in [2.05, 4.69) is 0 Å². The maximum Gasteiger partial charge on any atom is 0.307 e. The number of ether oxygens (including phenoxy) is 10. The van der Waals surface area contributed by atoms with Crippen LogP contribution in [0.4, 0.5) is 0 Å².